The monoisotopic (exact) mass is 912 g/mol. The number of aliphatic hydroxyl groups is 2. The van der Waals surface area contributed by atoms with Crippen molar-refractivity contribution < 1.29 is 24.5 Å². The van der Waals surface area contributed by atoms with E-state index in [0.717, 1.165) is 89.9 Å². The minimum atomic E-state index is -0.792. The van der Waals surface area contributed by atoms with E-state index in [2.05, 4.69) is 74.7 Å². The Bertz CT molecular complexity index is 1110. The van der Waals surface area contributed by atoms with Crippen molar-refractivity contribution in [3.8, 4) is 0 Å². The summed E-state index contributed by atoms with van der Waals surface area (Å²) in [5, 5.41) is 23.9. The number of allylic oxidation sites excluding steroid dienone is 8. The third kappa shape index (κ3) is 48.1. The fourth-order valence-corrected chi connectivity index (χ4v) is 8.62. The molecular formula is C59H109NO5. The first kappa shape index (κ1) is 62.8. The van der Waals surface area contributed by atoms with Crippen molar-refractivity contribution in [1.29, 1.82) is 0 Å². The van der Waals surface area contributed by atoms with Crippen molar-refractivity contribution in [2.45, 2.75) is 309 Å². The second-order valence-electron chi connectivity index (χ2n) is 19.3. The maximum Gasteiger partial charge on any atom is 0.306 e. The predicted molar refractivity (Wildman–Crippen MR) is 282 cm³/mol. The van der Waals surface area contributed by atoms with Crippen LogP contribution in [0, 0.1) is 0 Å². The van der Waals surface area contributed by atoms with Crippen molar-refractivity contribution in [1.82, 2.24) is 5.32 Å². The molecule has 1 amide bonds. The first-order valence-electron chi connectivity index (χ1n) is 28.4. The molecule has 3 N–H and O–H groups in total. The van der Waals surface area contributed by atoms with Gasteiger partial charge in [-0.1, -0.05) is 243 Å². The number of unbranched alkanes of at least 4 members (excludes halogenated alkanes) is 31. The molecule has 0 aliphatic heterocycles. The van der Waals surface area contributed by atoms with Gasteiger partial charge in [0.15, 0.2) is 0 Å². The first-order valence-corrected chi connectivity index (χ1v) is 28.4. The van der Waals surface area contributed by atoms with Crippen LogP contribution in [0.3, 0.4) is 0 Å². The van der Waals surface area contributed by atoms with E-state index in [1.807, 2.05) is 0 Å². The Labute approximate surface area is 404 Å². The number of esters is 1. The second kappa shape index (κ2) is 52.8. The summed E-state index contributed by atoms with van der Waals surface area (Å²) in [6, 6.07) is -0.707. The lowest BCUT2D eigenvalue weighted by Crippen LogP contribution is -2.46. The van der Waals surface area contributed by atoms with Gasteiger partial charge in [-0.05, 0) is 83.5 Å². The molecule has 0 bridgehead atoms. The van der Waals surface area contributed by atoms with Gasteiger partial charge in [0.1, 0.15) is 6.10 Å². The summed E-state index contributed by atoms with van der Waals surface area (Å²) in [5.41, 5.74) is 0. The van der Waals surface area contributed by atoms with Crippen LogP contribution in [0.1, 0.15) is 290 Å². The van der Waals surface area contributed by atoms with Crippen molar-refractivity contribution >= 4 is 11.9 Å². The number of aliphatic hydroxyl groups excluding tert-OH is 2. The molecule has 0 saturated carbocycles. The molecule has 0 heterocycles. The van der Waals surface area contributed by atoms with Gasteiger partial charge in [-0.2, -0.15) is 0 Å². The maximum absolute atomic E-state index is 13.3. The van der Waals surface area contributed by atoms with Crippen LogP contribution in [-0.2, 0) is 14.3 Å². The molecule has 0 radical (unpaired) electrons. The van der Waals surface area contributed by atoms with Crippen LogP contribution in [0.5, 0.6) is 0 Å². The molecule has 3 unspecified atom stereocenters. The molecule has 6 nitrogen and oxygen atoms in total. The number of carbonyl (C=O) groups excluding carboxylic acids is 2. The molecule has 3 atom stereocenters. The van der Waals surface area contributed by atoms with Gasteiger partial charge in [0.2, 0.25) is 5.91 Å². The fourth-order valence-electron chi connectivity index (χ4n) is 8.62. The van der Waals surface area contributed by atoms with Gasteiger partial charge in [0, 0.05) is 6.42 Å². The zero-order valence-corrected chi connectivity index (χ0v) is 43.4. The van der Waals surface area contributed by atoms with Gasteiger partial charge in [-0.25, -0.2) is 0 Å². The molecule has 0 aromatic heterocycles. The molecule has 380 valence electrons. The third-order valence-electron chi connectivity index (χ3n) is 12.9. The molecule has 0 aromatic carbocycles. The molecule has 0 spiro atoms. The van der Waals surface area contributed by atoms with E-state index in [4.69, 9.17) is 4.74 Å². The normalized spacial score (nSPS) is 13.5. The highest BCUT2D eigenvalue weighted by molar-refractivity contribution is 5.77. The smallest absolute Gasteiger partial charge is 0.306 e. The summed E-state index contributed by atoms with van der Waals surface area (Å²) < 4.78 is 5.95. The lowest BCUT2D eigenvalue weighted by atomic mass is 10.0. The van der Waals surface area contributed by atoms with E-state index >= 15 is 0 Å². The van der Waals surface area contributed by atoms with Gasteiger partial charge in [-0.3, -0.25) is 9.59 Å². The highest BCUT2D eigenvalue weighted by Crippen LogP contribution is 2.18. The summed E-state index contributed by atoms with van der Waals surface area (Å²) in [6.45, 7) is 6.39. The Morgan fingerprint density at radius 1 is 0.462 bits per heavy atom. The van der Waals surface area contributed by atoms with Gasteiger partial charge in [-0.15, -0.1) is 0 Å². The average molecular weight is 913 g/mol. The van der Waals surface area contributed by atoms with Gasteiger partial charge in [0.25, 0.3) is 0 Å². The summed E-state index contributed by atoms with van der Waals surface area (Å²) in [6.07, 6.45) is 64.6. The Kier molecular flexibility index (Phi) is 51.0. The molecule has 0 aliphatic carbocycles. The van der Waals surface area contributed by atoms with Crippen molar-refractivity contribution in [3.05, 3.63) is 48.6 Å². The SMILES string of the molecule is CC/C=C/C/C=C/C/C=C/CCCCCCCCC(=O)OC(CCCCCCC/C=C/CCCCCCCC)CC(=O)NC(CO)C(O)CCCCCCCCCCCCCCCCC. The second-order valence-corrected chi connectivity index (χ2v) is 19.3. The summed E-state index contributed by atoms with van der Waals surface area (Å²) in [7, 11) is 0. The number of hydrogen-bond acceptors (Lipinski definition) is 5. The maximum atomic E-state index is 13.3. The van der Waals surface area contributed by atoms with E-state index in [1.165, 1.54) is 154 Å². The van der Waals surface area contributed by atoms with Crippen LogP contribution in [0.15, 0.2) is 48.6 Å². The number of nitrogens with one attached hydrogen (secondary N) is 1. The third-order valence-corrected chi connectivity index (χ3v) is 12.9. The minimum Gasteiger partial charge on any atom is -0.462 e. The van der Waals surface area contributed by atoms with E-state index < -0.39 is 18.2 Å². The molecule has 65 heavy (non-hydrogen) atoms. The number of hydrogen-bond donors (Lipinski definition) is 3. The molecule has 0 rings (SSSR count). The van der Waals surface area contributed by atoms with E-state index in [0.29, 0.717) is 19.3 Å². The van der Waals surface area contributed by atoms with Crippen LogP contribution < -0.4 is 5.32 Å². The molecule has 0 aromatic rings. The van der Waals surface area contributed by atoms with Crippen LogP contribution in [0.2, 0.25) is 0 Å². The number of amides is 1. The molecule has 0 saturated heterocycles. The van der Waals surface area contributed by atoms with Gasteiger partial charge in [0.05, 0.1) is 25.2 Å². The van der Waals surface area contributed by atoms with Crippen molar-refractivity contribution in [3.63, 3.8) is 0 Å². The Hall–Kier alpha value is -2.18. The molecular weight excluding hydrogens is 803 g/mol. The Morgan fingerprint density at radius 2 is 0.831 bits per heavy atom. The highest BCUT2D eigenvalue weighted by Gasteiger charge is 2.24. The Balaban J connectivity index is 4.57. The topological polar surface area (TPSA) is 95.9 Å². The minimum absolute atomic E-state index is 0.0678. The molecule has 0 fully saturated rings. The number of rotatable bonds is 51. The van der Waals surface area contributed by atoms with E-state index in [-0.39, 0.29) is 24.9 Å². The standard InChI is InChI=1S/C59H109NO5/c1-4-7-10-13-16-19-22-25-28-31-34-37-40-43-46-49-52-59(64)65-55(50-47-44-41-38-35-32-29-26-23-20-17-14-11-8-5-2)53-58(63)60-56(54-61)57(62)51-48-45-42-39-36-33-30-27-24-21-18-15-12-9-6-3/h7,10,16,19,25-26,28-29,55-57,61-62H,4-6,8-9,11-15,17-18,20-24,27,30-54H2,1-3H3,(H,60,63)/b10-7+,19-16+,28-25+,29-26+. The van der Waals surface area contributed by atoms with E-state index in [9.17, 15) is 19.8 Å². The van der Waals surface area contributed by atoms with E-state index in [1.54, 1.807) is 0 Å². The fraction of sp³-hybridized carbons (Fsp3) is 0.831. The first-order chi connectivity index (χ1) is 32.0. The van der Waals surface area contributed by atoms with Crippen LogP contribution in [0.25, 0.3) is 0 Å². The van der Waals surface area contributed by atoms with Crippen molar-refractivity contribution in [2.24, 2.45) is 0 Å². The zero-order chi connectivity index (χ0) is 47.4. The summed E-state index contributed by atoms with van der Waals surface area (Å²) in [5.74, 6) is -0.487. The number of ether oxygens (including phenoxy) is 1. The lowest BCUT2D eigenvalue weighted by molar-refractivity contribution is -0.151. The number of carbonyl (C=O) groups is 2. The zero-order valence-electron chi connectivity index (χ0n) is 43.4. The summed E-state index contributed by atoms with van der Waals surface area (Å²) >= 11 is 0. The predicted octanol–water partition coefficient (Wildman–Crippen LogP) is 17.4. The average Bonchev–Trinajstić information content (AvgIpc) is 3.30. The Morgan fingerprint density at radius 3 is 1.28 bits per heavy atom. The molecule has 6 heteroatoms. The lowest BCUT2D eigenvalue weighted by Gasteiger charge is -2.24. The van der Waals surface area contributed by atoms with Gasteiger partial charge >= 0.3 is 5.97 Å². The largest absolute Gasteiger partial charge is 0.462 e. The van der Waals surface area contributed by atoms with Crippen LogP contribution in [0.4, 0.5) is 0 Å². The van der Waals surface area contributed by atoms with Gasteiger partial charge < -0.3 is 20.3 Å². The van der Waals surface area contributed by atoms with Crippen molar-refractivity contribution in [2.75, 3.05) is 6.61 Å². The van der Waals surface area contributed by atoms with Crippen LogP contribution >= 0.6 is 0 Å². The highest BCUT2D eigenvalue weighted by atomic mass is 16.5. The quantitative estimate of drug-likeness (QED) is 0.0321. The summed E-state index contributed by atoms with van der Waals surface area (Å²) in [4.78, 5) is 26.3. The molecule has 0 aliphatic rings. The van der Waals surface area contributed by atoms with Crippen LogP contribution in [-0.4, -0.2) is 46.9 Å².